The SMILES string of the molecule is O=[N+]([O-])c1ccccc1CN(C1CC1)[SH](=O)=O. The third kappa shape index (κ3) is 2.80. The van der Waals surface area contributed by atoms with E-state index < -0.39 is 15.8 Å². The Kier molecular flexibility index (Phi) is 3.39. The summed E-state index contributed by atoms with van der Waals surface area (Å²) < 4.78 is 23.4. The highest BCUT2D eigenvalue weighted by atomic mass is 32.2. The smallest absolute Gasteiger partial charge is 0.258 e. The van der Waals surface area contributed by atoms with Crippen LogP contribution >= 0.6 is 0 Å². The van der Waals surface area contributed by atoms with Crippen molar-refractivity contribution >= 4 is 16.6 Å². The minimum atomic E-state index is -2.69. The average molecular weight is 256 g/mol. The molecule has 2 rings (SSSR count). The Balaban J connectivity index is 2.25. The molecule has 1 aromatic carbocycles. The van der Waals surface area contributed by atoms with E-state index in [0.717, 1.165) is 12.8 Å². The zero-order chi connectivity index (χ0) is 12.4. The molecule has 0 spiro atoms. The third-order valence-electron chi connectivity index (χ3n) is 2.70. The molecule has 0 atom stereocenters. The lowest BCUT2D eigenvalue weighted by Crippen LogP contribution is -2.24. The number of nitrogens with zero attached hydrogens (tertiary/aromatic N) is 2. The maximum atomic E-state index is 11.1. The second-order valence-corrected chi connectivity index (χ2v) is 4.94. The molecule has 1 saturated carbocycles. The van der Waals surface area contributed by atoms with Gasteiger partial charge in [-0.15, -0.1) is 0 Å². The highest BCUT2D eigenvalue weighted by molar-refractivity contribution is 7.69. The van der Waals surface area contributed by atoms with E-state index in [-0.39, 0.29) is 18.3 Å². The molecule has 0 N–H and O–H groups in total. The molecule has 1 fully saturated rings. The van der Waals surface area contributed by atoms with Crippen molar-refractivity contribution < 1.29 is 13.3 Å². The molecule has 92 valence electrons. The quantitative estimate of drug-likeness (QED) is 0.485. The number of benzene rings is 1. The standard InChI is InChI=1S/C10H12N2O4S/c13-12(14)10-4-2-1-3-8(10)7-11(17(15)16)9-5-6-9/h1-4,9,17H,5-7H2. The number of thiol groups is 1. The van der Waals surface area contributed by atoms with E-state index in [0.29, 0.717) is 5.56 Å². The van der Waals surface area contributed by atoms with Gasteiger partial charge >= 0.3 is 0 Å². The molecule has 1 aliphatic rings. The molecule has 1 aliphatic carbocycles. The fourth-order valence-corrected chi connectivity index (χ4v) is 2.46. The van der Waals surface area contributed by atoms with Crippen molar-refractivity contribution in [1.29, 1.82) is 0 Å². The summed E-state index contributed by atoms with van der Waals surface area (Å²) in [5, 5.41) is 10.8. The van der Waals surface area contributed by atoms with Gasteiger partial charge in [-0.2, -0.15) is 4.31 Å². The molecule has 1 aromatic rings. The lowest BCUT2D eigenvalue weighted by atomic mass is 10.2. The van der Waals surface area contributed by atoms with Crippen LogP contribution in [0, 0.1) is 10.1 Å². The summed E-state index contributed by atoms with van der Waals surface area (Å²) in [4.78, 5) is 10.3. The minimum Gasteiger partial charge on any atom is -0.258 e. The summed E-state index contributed by atoms with van der Waals surface area (Å²) in [7, 11) is -2.69. The molecule has 7 heteroatoms. The van der Waals surface area contributed by atoms with Crippen LogP contribution in [0.15, 0.2) is 24.3 Å². The molecule has 0 bridgehead atoms. The van der Waals surface area contributed by atoms with Gasteiger partial charge in [0.05, 0.1) is 4.92 Å². The van der Waals surface area contributed by atoms with Gasteiger partial charge in [0.2, 0.25) is 10.9 Å². The predicted octanol–water partition coefficient (Wildman–Crippen LogP) is 1.09. The van der Waals surface area contributed by atoms with Crippen LogP contribution in [-0.4, -0.2) is 23.7 Å². The molecular weight excluding hydrogens is 244 g/mol. The highest BCUT2D eigenvalue weighted by Gasteiger charge is 2.32. The molecule has 0 saturated heterocycles. The molecule has 0 aliphatic heterocycles. The van der Waals surface area contributed by atoms with Gasteiger partial charge < -0.3 is 0 Å². The Labute approximate surface area is 100 Å². The number of rotatable bonds is 5. The third-order valence-corrected chi connectivity index (χ3v) is 3.59. The van der Waals surface area contributed by atoms with E-state index in [9.17, 15) is 18.5 Å². The molecule has 6 nitrogen and oxygen atoms in total. The molecular formula is C10H12N2O4S. The van der Waals surface area contributed by atoms with Gasteiger partial charge in [0.1, 0.15) is 0 Å². The van der Waals surface area contributed by atoms with Crippen LogP contribution in [0.2, 0.25) is 0 Å². The number of nitro benzene ring substituents is 1. The van der Waals surface area contributed by atoms with Gasteiger partial charge in [-0.25, -0.2) is 8.42 Å². The number of nitro groups is 1. The summed E-state index contributed by atoms with van der Waals surface area (Å²) in [6.07, 6.45) is 1.67. The molecule has 0 heterocycles. The van der Waals surface area contributed by atoms with Crippen molar-refractivity contribution in [3.8, 4) is 0 Å². The van der Waals surface area contributed by atoms with E-state index in [1.807, 2.05) is 0 Å². The van der Waals surface area contributed by atoms with Gasteiger partial charge in [0.15, 0.2) is 0 Å². The summed E-state index contributed by atoms with van der Waals surface area (Å²) in [5.41, 5.74) is 0.401. The van der Waals surface area contributed by atoms with E-state index in [1.165, 1.54) is 10.4 Å². The minimum absolute atomic E-state index is 0.0240. The molecule has 17 heavy (non-hydrogen) atoms. The Morgan fingerprint density at radius 2 is 2.00 bits per heavy atom. The second-order valence-electron chi connectivity index (χ2n) is 3.95. The highest BCUT2D eigenvalue weighted by Crippen LogP contribution is 2.30. The zero-order valence-electron chi connectivity index (χ0n) is 8.98. The molecule has 0 amide bonds. The molecule has 0 radical (unpaired) electrons. The van der Waals surface area contributed by atoms with Gasteiger partial charge in [-0.3, -0.25) is 10.1 Å². The Bertz CT molecular complexity index is 503. The first kappa shape index (κ1) is 12.0. The van der Waals surface area contributed by atoms with Crippen molar-refractivity contribution in [1.82, 2.24) is 4.31 Å². The Morgan fingerprint density at radius 1 is 1.35 bits per heavy atom. The maximum Gasteiger partial charge on any atom is 0.273 e. The molecule has 0 unspecified atom stereocenters. The number of hydrogen-bond acceptors (Lipinski definition) is 4. The van der Waals surface area contributed by atoms with Gasteiger partial charge in [-0.05, 0) is 12.8 Å². The normalized spacial score (nSPS) is 15.4. The van der Waals surface area contributed by atoms with Gasteiger partial charge in [-0.1, -0.05) is 18.2 Å². The number of para-hydroxylation sites is 1. The molecule has 0 aromatic heterocycles. The van der Waals surface area contributed by atoms with E-state index in [2.05, 4.69) is 0 Å². The van der Waals surface area contributed by atoms with Crippen molar-refractivity contribution in [3.63, 3.8) is 0 Å². The summed E-state index contributed by atoms with van der Waals surface area (Å²) >= 11 is 0. The lowest BCUT2D eigenvalue weighted by molar-refractivity contribution is -0.385. The van der Waals surface area contributed by atoms with Crippen molar-refractivity contribution in [2.45, 2.75) is 25.4 Å². The Hall–Kier alpha value is -1.47. The summed E-state index contributed by atoms with van der Waals surface area (Å²) in [6.45, 7) is 0.0839. The van der Waals surface area contributed by atoms with Crippen molar-refractivity contribution in [2.24, 2.45) is 0 Å². The summed E-state index contributed by atoms with van der Waals surface area (Å²) in [6, 6.07) is 6.24. The first-order valence-corrected chi connectivity index (χ1v) is 6.36. The van der Waals surface area contributed by atoms with Crippen LogP contribution in [0.5, 0.6) is 0 Å². The van der Waals surface area contributed by atoms with Gasteiger partial charge in [0, 0.05) is 24.2 Å². The zero-order valence-corrected chi connectivity index (χ0v) is 9.88. The summed E-state index contributed by atoms with van der Waals surface area (Å²) in [5.74, 6) is 0. The van der Waals surface area contributed by atoms with Crippen molar-refractivity contribution in [3.05, 3.63) is 39.9 Å². The largest absolute Gasteiger partial charge is 0.273 e. The average Bonchev–Trinajstić information content (AvgIpc) is 3.09. The second kappa shape index (κ2) is 4.80. The lowest BCUT2D eigenvalue weighted by Gasteiger charge is -2.13. The first-order chi connectivity index (χ1) is 8.09. The van der Waals surface area contributed by atoms with Crippen molar-refractivity contribution in [2.75, 3.05) is 0 Å². The van der Waals surface area contributed by atoms with Crippen LogP contribution < -0.4 is 0 Å². The fraction of sp³-hybridized carbons (Fsp3) is 0.400. The Morgan fingerprint density at radius 3 is 2.53 bits per heavy atom. The maximum absolute atomic E-state index is 11.1. The van der Waals surface area contributed by atoms with E-state index in [1.54, 1.807) is 18.2 Å². The van der Waals surface area contributed by atoms with Crippen LogP contribution in [0.4, 0.5) is 5.69 Å². The van der Waals surface area contributed by atoms with E-state index in [4.69, 9.17) is 0 Å². The van der Waals surface area contributed by atoms with Gasteiger partial charge in [0.25, 0.3) is 5.69 Å². The number of hydrogen-bond donors (Lipinski definition) is 1. The van der Waals surface area contributed by atoms with E-state index >= 15 is 0 Å². The topological polar surface area (TPSA) is 80.5 Å². The van der Waals surface area contributed by atoms with Crippen LogP contribution in [0.3, 0.4) is 0 Å². The fourth-order valence-electron chi connectivity index (χ4n) is 1.69. The van der Waals surface area contributed by atoms with Crippen LogP contribution in [0.25, 0.3) is 0 Å². The van der Waals surface area contributed by atoms with Crippen LogP contribution in [0.1, 0.15) is 18.4 Å². The first-order valence-electron chi connectivity index (χ1n) is 5.23. The predicted molar refractivity (Wildman–Crippen MR) is 62.0 cm³/mol. The monoisotopic (exact) mass is 256 g/mol. The van der Waals surface area contributed by atoms with Crippen LogP contribution in [-0.2, 0) is 17.4 Å².